The maximum atomic E-state index is 5.45. The topological polar surface area (TPSA) is 30.7 Å². The maximum absolute atomic E-state index is 5.45. The minimum absolute atomic E-state index is 0.689. The number of fused-ring (bicyclic) bond motifs is 4. The van der Waals surface area contributed by atoms with Crippen LogP contribution < -0.4 is 0 Å². The Kier molecular flexibility index (Phi) is 4.32. The fourth-order valence-corrected chi connectivity index (χ4v) is 8.02. The van der Waals surface area contributed by atoms with Crippen LogP contribution in [-0.4, -0.2) is 14.5 Å². The monoisotopic (exact) mass is 569 g/mol. The second kappa shape index (κ2) is 8.31. The summed E-state index contributed by atoms with van der Waals surface area (Å²) in [5.41, 5.74) is 7.80. The van der Waals surface area contributed by atoms with E-state index in [0.717, 1.165) is 38.6 Å². The molecule has 0 N–H and O–H groups in total. The standard InChI is InChI=1S/C42H23N3/c1-2-9-28(10-3-1)41-38-29-13-5-4-8-24(29)18-21-32(38)43-42(44-41)45-33-22-19-26-12-7-15-31-30-14-6-11-25-16-17-27-20-23-34(45)40(37(27)35(25)30)39(33)36(26)31/h1-23H. The molecule has 0 aliphatic heterocycles. The van der Waals surface area contributed by atoms with Crippen LogP contribution in [0.2, 0.25) is 0 Å². The molecule has 0 unspecified atom stereocenters. The van der Waals surface area contributed by atoms with Crippen molar-refractivity contribution in [2.45, 2.75) is 0 Å². The lowest BCUT2D eigenvalue weighted by molar-refractivity contribution is 1.01. The Balaban J connectivity index is 1.38. The van der Waals surface area contributed by atoms with Crippen LogP contribution in [-0.2, 0) is 0 Å². The van der Waals surface area contributed by atoms with Crippen LogP contribution in [0.3, 0.4) is 0 Å². The summed E-state index contributed by atoms with van der Waals surface area (Å²) in [7, 11) is 0. The number of rotatable bonds is 2. The first kappa shape index (κ1) is 23.4. The Labute approximate surface area is 257 Å². The van der Waals surface area contributed by atoms with Crippen LogP contribution in [0.5, 0.6) is 0 Å². The lowest BCUT2D eigenvalue weighted by Crippen LogP contribution is -2.04. The average molecular weight is 570 g/mol. The molecule has 0 bridgehead atoms. The van der Waals surface area contributed by atoms with Crippen molar-refractivity contribution in [3.63, 3.8) is 0 Å². The molecule has 10 aromatic rings. The molecule has 0 saturated carbocycles. The third-order valence-electron chi connectivity index (χ3n) is 9.87. The van der Waals surface area contributed by atoms with Gasteiger partial charge in [0.1, 0.15) is 0 Å². The van der Waals surface area contributed by atoms with Gasteiger partial charge in [-0.1, -0.05) is 121 Å². The molecule has 3 nitrogen and oxygen atoms in total. The van der Waals surface area contributed by atoms with E-state index < -0.39 is 0 Å². The number of hydrogen-bond donors (Lipinski definition) is 0. The van der Waals surface area contributed by atoms with Crippen molar-refractivity contribution in [2.24, 2.45) is 0 Å². The quantitative estimate of drug-likeness (QED) is 0.194. The Bertz CT molecular complexity index is 2920. The van der Waals surface area contributed by atoms with Crippen LogP contribution in [0.15, 0.2) is 140 Å². The van der Waals surface area contributed by atoms with Crippen LogP contribution in [0.1, 0.15) is 0 Å². The van der Waals surface area contributed by atoms with E-state index in [1.165, 1.54) is 59.6 Å². The Morgan fingerprint density at radius 2 is 0.956 bits per heavy atom. The van der Waals surface area contributed by atoms with Crippen molar-refractivity contribution in [2.75, 3.05) is 0 Å². The Hall–Kier alpha value is -6.06. The first-order chi connectivity index (χ1) is 22.3. The minimum atomic E-state index is 0.689. The van der Waals surface area contributed by atoms with E-state index in [2.05, 4.69) is 144 Å². The minimum Gasteiger partial charge on any atom is -0.278 e. The normalized spacial score (nSPS) is 12.4. The summed E-state index contributed by atoms with van der Waals surface area (Å²) in [5.74, 6) is 0.689. The van der Waals surface area contributed by atoms with Gasteiger partial charge in [0.15, 0.2) is 0 Å². The SMILES string of the molecule is c1ccc(-c2nc(-n3c4ccc5cccc6c5c4c4c5c(ccc7cccc-6c75)ccc43)nc3ccc4ccccc4c23)cc1. The van der Waals surface area contributed by atoms with Crippen LogP contribution in [0.4, 0.5) is 0 Å². The molecule has 11 rings (SSSR count). The molecule has 206 valence electrons. The molecule has 0 saturated heterocycles. The lowest BCUT2D eigenvalue weighted by atomic mass is 9.93. The third-order valence-corrected chi connectivity index (χ3v) is 9.87. The fourth-order valence-electron chi connectivity index (χ4n) is 8.02. The molecule has 1 aliphatic carbocycles. The molecule has 2 heterocycles. The lowest BCUT2D eigenvalue weighted by Gasteiger charge is -2.15. The van der Waals surface area contributed by atoms with Crippen LogP contribution >= 0.6 is 0 Å². The van der Waals surface area contributed by atoms with E-state index >= 15 is 0 Å². The highest BCUT2D eigenvalue weighted by Crippen LogP contribution is 2.49. The van der Waals surface area contributed by atoms with Gasteiger partial charge < -0.3 is 0 Å². The Morgan fingerprint density at radius 1 is 0.378 bits per heavy atom. The van der Waals surface area contributed by atoms with Gasteiger partial charge in [0.05, 0.1) is 22.2 Å². The molecule has 2 aromatic heterocycles. The van der Waals surface area contributed by atoms with Crippen molar-refractivity contribution in [3.8, 4) is 28.3 Å². The molecule has 8 aromatic carbocycles. The van der Waals surface area contributed by atoms with Gasteiger partial charge in [-0.3, -0.25) is 4.57 Å². The number of hydrogen-bond acceptors (Lipinski definition) is 2. The van der Waals surface area contributed by atoms with Gasteiger partial charge in [-0.05, 0) is 67.0 Å². The van der Waals surface area contributed by atoms with Crippen molar-refractivity contribution in [3.05, 3.63) is 140 Å². The highest BCUT2D eigenvalue weighted by molar-refractivity contribution is 6.38. The zero-order valence-electron chi connectivity index (χ0n) is 24.1. The predicted molar refractivity (Wildman–Crippen MR) is 188 cm³/mol. The smallest absolute Gasteiger partial charge is 0.235 e. The zero-order valence-corrected chi connectivity index (χ0v) is 24.1. The molecule has 0 atom stereocenters. The van der Waals surface area contributed by atoms with Crippen molar-refractivity contribution >= 4 is 75.8 Å². The van der Waals surface area contributed by atoms with Gasteiger partial charge in [0, 0.05) is 27.1 Å². The van der Waals surface area contributed by atoms with E-state index in [-0.39, 0.29) is 0 Å². The van der Waals surface area contributed by atoms with Crippen LogP contribution in [0.25, 0.3) is 104 Å². The number of nitrogens with zero attached hydrogens (tertiary/aromatic N) is 3. The average Bonchev–Trinajstić information content (AvgIpc) is 3.38. The van der Waals surface area contributed by atoms with E-state index in [1.807, 2.05) is 0 Å². The van der Waals surface area contributed by atoms with Crippen molar-refractivity contribution in [1.29, 1.82) is 0 Å². The van der Waals surface area contributed by atoms with Gasteiger partial charge in [-0.2, -0.15) is 0 Å². The van der Waals surface area contributed by atoms with Crippen LogP contribution in [0, 0.1) is 0 Å². The van der Waals surface area contributed by atoms with Gasteiger partial charge in [0.2, 0.25) is 5.95 Å². The molecular weight excluding hydrogens is 546 g/mol. The summed E-state index contributed by atoms with van der Waals surface area (Å²) in [5, 5.41) is 13.7. The Morgan fingerprint density at radius 3 is 1.71 bits per heavy atom. The molecule has 1 aliphatic rings. The van der Waals surface area contributed by atoms with Gasteiger partial charge in [-0.15, -0.1) is 0 Å². The molecule has 3 heteroatoms. The first-order valence-electron chi connectivity index (χ1n) is 15.4. The number of benzene rings is 8. The summed E-state index contributed by atoms with van der Waals surface area (Å²) >= 11 is 0. The highest BCUT2D eigenvalue weighted by atomic mass is 15.2. The summed E-state index contributed by atoms with van der Waals surface area (Å²) in [6.45, 7) is 0. The van der Waals surface area contributed by atoms with Gasteiger partial charge in [-0.25, -0.2) is 9.97 Å². The number of aromatic nitrogens is 3. The van der Waals surface area contributed by atoms with E-state index in [0.29, 0.717) is 5.95 Å². The fraction of sp³-hybridized carbons (Fsp3) is 0. The second-order valence-electron chi connectivity index (χ2n) is 12.1. The van der Waals surface area contributed by atoms with E-state index in [1.54, 1.807) is 0 Å². The predicted octanol–water partition coefficient (Wildman–Crippen LogP) is 11.0. The molecule has 0 spiro atoms. The molecule has 0 radical (unpaired) electrons. The van der Waals surface area contributed by atoms with E-state index in [9.17, 15) is 0 Å². The molecular formula is C42H23N3. The molecule has 45 heavy (non-hydrogen) atoms. The zero-order chi connectivity index (χ0) is 29.2. The summed E-state index contributed by atoms with van der Waals surface area (Å²) in [6.07, 6.45) is 0. The summed E-state index contributed by atoms with van der Waals surface area (Å²) < 4.78 is 2.30. The van der Waals surface area contributed by atoms with E-state index in [4.69, 9.17) is 9.97 Å². The largest absolute Gasteiger partial charge is 0.278 e. The second-order valence-corrected chi connectivity index (χ2v) is 12.1. The van der Waals surface area contributed by atoms with Gasteiger partial charge >= 0.3 is 0 Å². The molecule has 0 amide bonds. The summed E-state index contributed by atoms with van der Waals surface area (Å²) in [4.78, 5) is 10.8. The first-order valence-corrected chi connectivity index (χ1v) is 15.4. The van der Waals surface area contributed by atoms with Crippen molar-refractivity contribution in [1.82, 2.24) is 14.5 Å². The summed E-state index contributed by atoms with van der Waals surface area (Å²) in [6, 6.07) is 50.4. The van der Waals surface area contributed by atoms with Crippen molar-refractivity contribution < 1.29 is 0 Å². The molecule has 0 fully saturated rings. The maximum Gasteiger partial charge on any atom is 0.235 e. The third kappa shape index (κ3) is 2.95. The van der Waals surface area contributed by atoms with Gasteiger partial charge in [0.25, 0.3) is 0 Å². The highest BCUT2D eigenvalue weighted by Gasteiger charge is 2.25.